The first-order valence-corrected chi connectivity index (χ1v) is 5.59. The van der Waals surface area contributed by atoms with Gasteiger partial charge in [-0.15, -0.1) is 13.2 Å². The van der Waals surface area contributed by atoms with Gasteiger partial charge in [0.15, 0.2) is 0 Å². The van der Waals surface area contributed by atoms with Gasteiger partial charge in [0.2, 0.25) is 0 Å². The van der Waals surface area contributed by atoms with E-state index in [1.165, 1.54) is 12.1 Å². The Labute approximate surface area is 103 Å². The number of halogens is 3. The Morgan fingerprint density at radius 1 is 1.22 bits per heavy atom. The molecule has 1 fully saturated rings. The molecule has 18 heavy (non-hydrogen) atoms. The summed E-state index contributed by atoms with van der Waals surface area (Å²) in [6.07, 6.45) is -4.22. The first kappa shape index (κ1) is 12.9. The van der Waals surface area contributed by atoms with Crippen molar-refractivity contribution in [1.29, 1.82) is 0 Å². The average molecular weight is 258 g/mol. The summed E-state index contributed by atoms with van der Waals surface area (Å²) >= 11 is 0. The summed E-state index contributed by atoms with van der Waals surface area (Å²) in [6, 6.07) is 5.73. The lowest BCUT2D eigenvalue weighted by Gasteiger charge is -2.42. The lowest BCUT2D eigenvalue weighted by Crippen LogP contribution is -2.43. The molecule has 5 heteroatoms. The molecule has 1 aliphatic rings. The van der Waals surface area contributed by atoms with Crippen molar-refractivity contribution in [2.75, 3.05) is 0 Å². The summed E-state index contributed by atoms with van der Waals surface area (Å²) in [6.45, 7) is 3.70. The van der Waals surface area contributed by atoms with Crippen LogP contribution < -0.4 is 4.74 Å². The first-order valence-electron chi connectivity index (χ1n) is 5.59. The Hall–Kier alpha value is -1.52. The predicted molar refractivity (Wildman–Crippen MR) is 59.3 cm³/mol. The smallest absolute Gasteiger partial charge is 0.406 e. The fraction of sp³-hybridized carbons (Fsp3) is 0.462. The molecule has 0 spiro atoms. The zero-order chi connectivity index (χ0) is 13.6. The van der Waals surface area contributed by atoms with Crippen molar-refractivity contribution in [1.82, 2.24) is 0 Å². The number of hydrogen-bond donors (Lipinski definition) is 0. The van der Waals surface area contributed by atoms with Gasteiger partial charge < -0.3 is 4.74 Å². The normalized spacial score (nSPS) is 22.5. The molecule has 0 N–H and O–H groups in total. The summed E-state index contributed by atoms with van der Waals surface area (Å²) < 4.78 is 39.8. The summed E-state index contributed by atoms with van der Waals surface area (Å²) in [5, 5.41) is 0. The van der Waals surface area contributed by atoms with E-state index in [2.05, 4.69) is 4.74 Å². The van der Waals surface area contributed by atoms with Gasteiger partial charge in [0, 0.05) is 17.8 Å². The van der Waals surface area contributed by atoms with Gasteiger partial charge in [-0.2, -0.15) is 0 Å². The van der Waals surface area contributed by atoms with Crippen LogP contribution in [0.2, 0.25) is 0 Å². The monoisotopic (exact) mass is 258 g/mol. The van der Waals surface area contributed by atoms with Crippen molar-refractivity contribution in [2.24, 2.45) is 5.41 Å². The molecule has 0 heterocycles. The second-order valence-electron chi connectivity index (χ2n) is 5.02. The summed E-state index contributed by atoms with van der Waals surface area (Å²) in [5.41, 5.74) is 0.445. The average Bonchev–Trinajstić information content (AvgIpc) is 2.25. The lowest BCUT2D eigenvalue weighted by atomic mass is 9.59. The number of rotatable bonds is 2. The maximum absolute atomic E-state index is 12.0. The van der Waals surface area contributed by atoms with Crippen molar-refractivity contribution in [3.8, 4) is 5.75 Å². The highest BCUT2D eigenvalue weighted by Crippen LogP contribution is 2.49. The van der Waals surface area contributed by atoms with E-state index in [0.29, 0.717) is 6.42 Å². The van der Waals surface area contributed by atoms with Crippen LogP contribution in [0, 0.1) is 5.41 Å². The topological polar surface area (TPSA) is 26.3 Å². The van der Waals surface area contributed by atoms with Gasteiger partial charge in [-0.05, 0) is 17.7 Å². The highest BCUT2D eigenvalue weighted by atomic mass is 19.4. The van der Waals surface area contributed by atoms with Crippen molar-refractivity contribution in [3.63, 3.8) is 0 Å². The Kier molecular flexibility index (Phi) is 2.87. The van der Waals surface area contributed by atoms with Gasteiger partial charge >= 0.3 is 6.36 Å². The molecule has 1 unspecified atom stereocenters. The molecule has 2 nitrogen and oxygen atoms in total. The Morgan fingerprint density at radius 3 is 2.17 bits per heavy atom. The maximum Gasteiger partial charge on any atom is 0.573 e. The summed E-state index contributed by atoms with van der Waals surface area (Å²) in [5.74, 6) is 0.0164. The van der Waals surface area contributed by atoms with Crippen LogP contribution in [0.3, 0.4) is 0 Å². The van der Waals surface area contributed by atoms with Gasteiger partial charge in [-0.3, -0.25) is 4.79 Å². The molecule has 0 amide bonds. The second kappa shape index (κ2) is 4.00. The Bertz CT molecular complexity index is 460. The minimum absolute atomic E-state index is 0.0740. The Morgan fingerprint density at radius 2 is 1.78 bits per heavy atom. The fourth-order valence-corrected chi connectivity index (χ4v) is 2.20. The largest absolute Gasteiger partial charge is 0.573 e. The number of alkyl halides is 3. The maximum atomic E-state index is 12.0. The molecule has 1 aliphatic carbocycles. The highest BCUT2D eigenvalue weighted by molar-refractivity contribution is 5.92. The number of carbonyl (C=O) groups is 1. The van der Waals surface area contributed by atoms with Crippen LogP contribution >= 0.6 is 0 Å². The SMILES string of the molecule is CC1(C)C(=O)CC1c1ccc(OC(F)(F)F)cc1. The van der Waals surface area contributed by atoms with Gasteiger partial charge in [0.25, 0.3) is 0 Å². The molecule has 1 saturated carbocycles. The number of hydrogen-bond acceptors (Lipinski definition) is 2. The van der Waals surface area contributed by atoms with Gasteiger partial charge in [-0.25, -0.2) is 0 Å². The quantitative estimate of drug-likeness (QED) is 0.809. The minimum atomic E-state index is -4.67. The molecule has 0 radical (unpaired) electrons. The number of carbonyl (C=O) groups excluding carboxylic acids is 1. The van der Waals surface area contributed by atoms with Crippen LogP contribution in [0.1, 0.15) is 31.7 Å². The summed E-state index contributed by atoms with van der Waals surface area (Å²) in [4.78, 5) is 11.4. The van der Waals surface area contributed by atoms with Gasteiger partial charge in [0.05, 0.1) is 0 Å². The first-order chi connectivity index (χ1) is 8.20. The molecular formula is C13H13F3O2. The van der Waals surface area contributed by atoms with E-state index in [1.54, 1.807) is 12.1 Å². The third-order valence-electron chi connectivity index (χ3n) is 3.50. The van der Waals surface area contributed by atoms with E-state index in [0.717, 1.165) is 5.56 Å². The number of ether oxygens (including phenoxy) is 1. The molecule has 2 rings (SSSR count). The molecule has 0 saturated heterocycles. The zero-order valence-corrected chi connectivity index (χ0v) is 10.0. The van der Waals surface area contributed by atoms with Crippen molar-refractivity contribution >= 4 is 5.78 Å². The minimum Gasteiger partial charge on any atom is -0.406 e. The molecule has 0 aliphatic heterocycles. The third kappa shape index (κ3) is 2.35. The van der Waals surface area contributed by atoms with E-state index in [1.807, 2.05) is 13.8 Å². The molecule has 0 bridgehead atoms. The van der Waals surface area contributed by atoms with Crippen LogP contribution in [-0.4, -0.2) is 12.1 Å². The lowest BCUT2D eigenvalue weighted by molar-refractivity contribution is -0.274. The predicted octanol–water partition coefficient (Wildman–Crippen LogP) is 3.67. The van der Waals surface area contributed by atoms with Crippen LogP contribution in [0.4, 0.5) is 13.2 Å². The van der Waals surface area contributed by atoms with Crippen molar-refractivity contribution in [2.45, 2.75) is 32.5 Å². The van der Waals surface area contributed by atoms with Crippen molar-refractivity contribution < 1.29 is 22.7 Å². The van der Waals surface area contributed by atoms with E-state index in [4.69, 9.17) is 0 Å². The van der Waals surface area contributed by atoms with Crippen LogP contribution in [0.25, 0.3) is 0 Å². The molecule has 1 aromatic carbocycles. The summed E-state index contributed by atoms with van der Waals surface area (Å²) in [7, 11) is 0. The van der Waals surface area contributed by atoms with Crippen LogP contribution in [-0.2, 0) is 4.79 Å². The standard InChI is InChI=1S/C13H13F3O2/c1-12(2)10(7-11(12)17)8-3-5-9(6-4-8)18-13(14,15)16/h3-6,10H,7H2,1-2H3. The Balaban J connectivity index is 2.12. The van der Waals surface area contributed by atoms with Crippen molar-refractivity contribution in [3.05, 3.63) is 29.8 Å². The number of ketones is 1. The van der Waals surface area contributed by atoms with E-state index < -0.39 is 11.8 Å². The molecule has 0 aromatic heterocycles. The fourth-order valence-electron chi connectivity index (χ4n) is 2.20. The van der Waals surface area contributed by atoms with Gasteiger partial charge in [0.1, 0.15) is 11.5 Å². The molecular weight excluding hydrogens is 245 g/mol. The second-order valence-corrected chi connectivity index (χ2v) is 5.02. The number of Topliss-reactive ketones (excluding diaryl/α,β-unsaturated/α-hetero) is 1. The number of benzene rings is 1. The van der Waals surface area contributed by atoms with Gasteiger partial charge in [-0.1, -0.05) is 26.0 Å². The van der Waals surface area contributed by atoms with E-state index in [-0.39, 0.29) is 17.5 Å². The third-order valence-corrected chi connectivity index (χ3v) is 3.50. The zero-order valence-electron chi connectivity index (χ0n) is 10.0. The van der Waals surface area contributed by atoms with E-state index in [9.17, 15) is 18.0 Å². The highest BCUT2D eigenvalue weighted by Gasteiger charge is 2.47. The van der Waals surface area contributed by atoms with Crippen LogP contribution in [0.15, 0.2) is 24.3 Å². The van der Waals surface area contributed by atoms with Crippen LogP contribution in [0.5, 0.6) is 5.75 Å². The molecule has 98 valence electrons. The van der Waals surface area contributed by atoms with E-state index >= 15 is 0 Å². The molecule has 1 atom stereocenters. The molecule has 1 aromatic rings.